The first-order chi connectivity index (χ1) is 7.54. The summed E-state index contributed by atoms with van der Waals surface area (Å²) >= 11 is 8.27. The maximum Gasteiger partial charge on any atom is 0.0861 e. The van der Waals surface area contributed by atoms with E-state index >= 15 is 0 Å². The van der Waals surface area contributed by atoms with Crippen molar-refractivity contribution >= 4 is 50.8 Å². The van der Waals surface area contributed by atoms with Gasteiger partial charge in [-0.3, -0.25) is 10.8 Å². The maximum absolute atomic E-state index is 6.04. The Hall–Kier alpha value is -0.590. The maximum atomic E-state index is 6.04. The number of rotatable bonds is 1. The molecule has 1 aromatic carbocycles. The van der Waals surface area contributed by atoms with Gasteiger partial charge in [0.1, 0.15) is 0 Å². The number of nitrogen functional groups attached to an aromatic ring is 1. The minimum atomic E-state index is 0.693. The molecule has 5 heteroatoms. The van der Waals surface area contributed by atoms with Gasteiger partial charge in [0.25, 0.3) is 0 Å². The zero-order valence-electron chi connectivity index (χ0n) is 8.94. The summed E-state index contributed by atoms with van der Waals surface area (Å²) in [7, 11) is 0. The fraction of sp³-hybridized carbons (Fsp3) is 0.182. The van der Waals surface area contributed by atoms with Crippen LogP contribution >= 0.6 is 34.2 Å². The third-order valence-corrected chi connectivity index (χ3v) is 3.68. The van der Waals surface area contributed by atoms with Gasteiger partial charge in [-0.2, -0.15) is 0 Å². The van der Waals surface area contributed by atoms with Gasteiger partial charge in [-0.15, -0.1) is 0 Å². The number of benzene rings is 1. The van der Waals surface area contributed by atoms with Crippen LogP contribution in [0.15, 0.2) is 12.1 Å². The smallest absolute Gasteiger partial charge is 0.0861 e. The zero-order chi connectivity index (χ0) is 11.9. The Kier molecular flexibility index (Phi) is 3.23. The van der Waals surface area contributed by atoms with E-state index in [2.05, 4.69) is 33.0 Å². The summed E-state index contributed by atoms with van der Waals surface area (Å²) in [5.41, 5.74) is 6.58. The molecule has 1 heterocycles. The van der Waals surface area contributed by atoms with Gasteiger partial charge in [-0.05, 0) is 54.1 Å². The van der Waals surface area contributed by atoms with Crippen molar-refractivity contribution in [1.29, 1.82) is 0 Å². The number of hydrogen-bond acceptors (Lipinski definition) is 3. The van der Waals surface area contributed by atoms with Crippen LogP contribution in [0, 0.1) is 17.4 Å². The Morgan fingerprint density at radius 2 is 2.06 bits per heavy atom. The lowest BCUT2D eigenvalue weighted by atomic mass is 10.1. The Morgan fingerprint density at radius 1 is 1.38 bits per heavy atom. The minimum absolute atomic E-state index is 0.693. The standard InChI is InChI=1S/C11H11ClIN3/c1-5-6(2)15-11-8(10(5)16-14)3-7(12)4-9(11)13/h3-4H,14H2,1-2H3,(H,15,16). The molecule has 1 aromatic heterocycles. The number of anilines is 1. The van der Waals surface area contributed by atoms with E-state index < -0.39 is 0 Å². The number of halogens is 2. The highest BCUT2D eigenvalue weighted by atomic mass is 127. The Bertz CT molecular complexity index is 569. The lowest BCUT2D eigenvalue weighted by Crippen LogP contribution is -2.10. The van der Waals surface area contributed by atoms with Gasteiger partial charge in [0, 0.05) is 19.7 Å². The van der Waals surface area contributed by atoms with E-state index in [-0.39, 0.29) is 0 Å². The number of nitrogens with zero attached hydrogens (tertiary/aromatic N) is 1. The van der Waals surface area contributed by atoms with E-state index in [0.29, 0.717) is 5.02 Å². The third kappa shape index (κ3) is 1.85. The lowest BCUT2D eigenvalue weighted by molar-refractivity contribution is 1.18. The summed E-state index contributed by atoms with van der Waals surface area (Å²) in [6.07, 6.45) is 0. The quantitative estimate of drug-likeness (QED) is 0.472. The Morgan fingerprint density at radius 3 is 2.69 bits per heavy atom. The highest BCUT2D eigenvalue weighted by molar-refractivity contribution is 14.1. The molecule has 3 N–H and O–H groups in total. The third-order valence-electron chi connectivity index (χ3n) is 2.64. The average Bonchev–Trinajstić information content (AvgIpc) is 2.22. The molecule has 0 unspecified atom stereocenters. The van der Waals surface area contributed by atoms with Crippen LogP contribution in [0.4, 0.5) is 5.69 Å². The highest BCUT2D eigenvalue weighted by Crippen LogP contribution is 2.32. The molecule has 0 aliphatic heterocycles. The molecule has 0 aliphatic carbocycles. The van der Waals surface area contributed by atoms with Crippen LogP contribution in [0.3, 0.4) is 0 Å². The summed E-state index contributed by atoms with van der Waals surface area (Å²) in [6, 6.07) is 3.78. The minimum Gasteiger partial charge on any atom is -0.323 e. The number of nitrogens with one attached hydrogen (secondary N) is 1. The van der Waals surface area contributed by atoms with Crippen LogP contribution < -0.4 is 11.3 Å². The molecule has 0 bridgehead atoms. The number of nitrogens with two attached hydrogens (primary N) is 1. The van der Waals surface area contributed by atoms with Gasteiger partial charge in [-0.25, -0.2) is 0 Å². The van der Waals surface area contributed by atoms with E-state index in [1.54, 1.807) is 0 Å². The molecule has 0 saturated carbocycles. The number of aromatic nitrogens is 1. The van der Waals surface area contributed by atoms with Crippen LogP contribution in [-0.2, 0) is 0 Å². The van der Waals surface area contributed by atoms with Gasteiger partial charge < -0.3 is 5.43 Å². The number of fused-ring (bicyclic) bond motifs is 1. The molecule has 3 nitrogen and oxygen atoms in total. The van der Waals surface area contributed by atoms with Crippen molar-refractivity contribution in [3.63, 3.8) is 0 Å². The first kappa shape index (κ1) is 11.9. The van der Waals surface area contributed by atoms with Crippen LogP contribution in [0.1, 0.15) is 11.3 Å². The molecule has 84 valence electrons. The molecular weight excluding hydrogens is 336 g/mol. The number of aryl methyl sites for hydroxylation is 1. The monoisotopic (exact) mass is 347 g/mol. The largest absolute Gasteiger partial charge is 0.323 e. The van der Waals surface area contributed by atoms with Gasteiger partial charge in [-0.1, -0.05) is 11.6 Å². The second-order valence-electron chi connectivity index (χ2n) is 3.63. The molecule has 0 atom stereocenters. The normalized spacial score (nSPS) is 10.8. The second-order valence-corrected chi connectivity index (χ2v) is 5.22. The van der Waals surface area contributed by atoms with E-state index in [1.807, 2.05) is 26.0 Å². The van der Waals surface area contributed by atoms with Crippen molar-refractivity contribution in [2.24, 2.45) is 5.84 Å². The number of hydrazine groups is 1. The predicted octanol–water partition coefficient (Wildman–Crippen LogP) is 3.40. The van der Waals surface area contributed by atoms with Crippen molar-refractivity contribution in [1.82, 2.24) is 4.98 Å². The number of pyridine rings is 1. The molecule has 0 fully saturated rings. The fourth-order valence-corrected chi connectivity index (χ4v) is 2.84. The molecule has 2 rings (SSSR count). The second kappa shape index (κ2) is 4.35. The van der Waals surface area contributed by atoms with Crippen molar-refractivity contribution < 1.29 is 0 Å². The molecule has 0 saturated heterocycles. The Labute approximate surface area is 112 Å². The predicted molar refractivity (Wildman–Crippen MR) is 76.8 cm³/mol. The van der Waals surface area contributed by atoms with Crippen molar-refractivity contribution in [3.05, 3.63) is 32.0 Å². The van der Waals surface area contributed by atoms with Gasteiger partial charge >= 0.3 is 0 Å². The summed E-state index contributed by atoms with van der Waals surface area (Å²) in [5.74, 6) is 5.56. The summed E-state index contributed by atoms with van der Waals surface area (Å²) < 4.78 is 1.03. The highest BCUT2D eigenvalue weighted by Gasteiger charge is 2.11. The average molecular weight is 348 g/mol. The van der Waals surface area contributed by atoms with Gasteiger partial charge in [0.2, 0.25) is 0 Å². The molecule has 16 heavy (non-hydrogen) atoms. The van der Waals surface area contributed by atoms with E-state index in [1.165, 1.54) is 0 Å². The first-order valence-corrected chi connectivity index (χ1v) is 6.23. The molecule has 0 radical (unpaired) electrons. The van der Waals surface area contributed by atoms with E-state index in [4.69, 9.17) is 17.4 Å². The Balaban J connectivity index is 2.96. The summed E-state index contributed by atoms with van der Waals surface area (Å²) in [6.45, 7) is 3.96. The van der Waals surface area contributed by atoms with E-state index in [9.17, 15) is 0 Å². The van der Waals surface area contributed by atoms with Crippen molar-refractivity contribution in [2.75, 3.05) is 5.43 Å². The molecular formula is C11H11ClIN3. The molecule has 0 aliphatic rings. The van der Waals surface area contributed by atoms with Crippen LogP contribution in [-0.4, -0.2) is 4.98 Å². The van der Waals surface area contributed by atoms with Crippen LogP contribution in [0.2, 0.25) is 5.02 Å². The lowest BCUT2D eigenvalue weighted by Gasteiger charge is -2.12. The SMILES string of the molecule is Cc1nc2c(I)cc(Cl)cc2c(NN)c1C. The van der Waals surface area contributed by atoms with Crippen LogP contribution in [0.5, 0.6) is 0 Å². The van der Waals surface area contributed by atoms with Crippen molar-refractivity contribution in [3.8, 4) is 0 Å². The summed E-state index contributed by atoms with van der Waals surface area (Å²) in [4.78, 5) is 4.56. The molecule has 0 spiro atoms. The zero-order valence-corrected chi connectivity index (χ0v) is 11.8. The van der Waals surface area contributed by atoms with Gasteiger partial charge in [0.05, 0.1) is 11.2 Å². The van der Waals surface area contributed by atoms with E-state index in [0.717, 1.165) is 31.4 Å². The molecule has 2 aromatic rings. The van der Waals surface area contributed by atoms with Gasteiger partial charge in [0.15, 0.2) is 0 Å². The van der Waals surface area contributed by atoms with Crippen molar-refractivity contribution in [2.45, 2.75) is 13.8 Å². The number of hydrogen-bond donors (Lipinski definition) is 2. The van der Waals surface area contributed by atoms with Crippen LogP contribution in [0.25, 0.3) is 10.9 Å². The molecule has 0 amide bonds. The topological polar surface area (TPSA) is 50.9 Å². The summed E-state index contributed by atoms with van der Waals surface area (Å²) in [5, 5.41) is 1.65. The fourth-order valence-electron chi connectivity index (χ4n) is 1.69. The first-order valence-electron chi connectivity index (χ1n) is 4.77.